The molecule has 0 fully saturated rings. The Labute approximate surface area is 79.7 Å². The minimum absolute atomic E-state index is 0.549. The van der Waals surface area contributed by atoms with Crippen molar-refractivity contribution < 1.29 is 0 Å². The first-order chi connectivity index (χ1) is 6.20. The van der Waals surface area contributed by atoms with Crippen LogP contribution in [0.2, 0.25) is 0 Å². The molecule has 1 aromatic carbocycles. The van der Waals surface area contributed by atoms with Gasteiger partial charge in [-0.05, 0) is 18.6 Å². The van der Waals surface area contributed by atoms with Crippen LogP contribution in [0.1, 0.15) is 25.3 Å². The van der Waals surface area contributed by atoms with Gasteiger partial charge in [0, 0.05) is 24.4 Å². The van der Waals surface area contributed by atoms with Gasteiger partial charge in [0.25, 0.3) is 0 Å². The van der Waals surface area contributed by atoms with E-state index in [1.165, 1.54) is 16.9 Å². The zero-order valence-electron chi connectivity index (χ0n) is 8.41. The van der Waals surface area contributed by atoms with Gasteiger partial charge in [-0.2, -0.15) is 0 Å². The number of hydrogen-bond acceptors (Lipinski definition) is 1. The highest BCUT2D eigenvalue weighted by atomic mass is 15.1. The molecule has 1 heterocycles. The lowest BCUT2D eigenvalue weighted by atomic mass is 9.94. The van der Waals surface area contributed by atoms with Crippen molar-refractivity contribution in [3.8, 4) is 0 Å². The summed E-state index contributed by atoms with van der Waals surface area (Å²) in [7, 11) is 2.12. The molecule has 1 nitrogen and oxygen atoms in total. The smallest absolute Gasteiger partial charge is 0.0443 e. The molecule has 0 bridgehead atoms. The van der Waals surface area contributed by atoms with Crippen LogP contribution in [0.25, 0.3) is 0 Å². The molecule has 13 heavy (non-hydrogen) atoms. The third-order valence-electron chi connectivity index (χ3n) is 2.81. The van der Waals surface area contributed by atoms with E-state index in [1.54, 1.807) is 0 Å². The molecule has 0 radical (unpaired) electrons. The molecule has 1 atom stereocenters. The summed E-state index contributed by atoms with van der Waals surface area (Å²) in [6.07, 6.45) is 2.31. The monoisotopic (exact) mass is 173 g/mol. The van der Waals surface area contributed by atoms with Crippen LogP contribution in [0.5, 0.6) is 0 Å². The molecule has 0 aliphatic carbocycles. The highest BCUT2D eigenvalue weighted by Gasteiger charge is 2.17. The largest absolute Gasteiger partial charge is 0.349 e. The quantitative estimate of drug-likeness (QED) is 0.582. The van der Waals surface area contributed by atoms with E-state index in [4.69, 9.17) is 0 Å². The van der Waals surface area contributed by atoms with Crippen molar-refractivity contribution in [1.29, 1.82) is 0 Å². The number of hydrogen-bond donors (Lipinski definition) is 0. The van der Waals surface area contributed by atoms with Crippen molar-refractivity contribution in [3.63, 3.8) is 0 Å². The molecule has 0 N–H and O–H groups in total. The Kier molecular flexibility index (Phi) is 1.87. The highest BCUT2D eigenvalue weighted by Crippen LogP contribution is 2.34. The summed E-state index contributed by atoms with van der Waals surface area (Å²) in [5.41, 5.74) is 4.11. The van der Waals surface area contributed by atoms with E-state index in [-0.39, 0.29) is 0 Å². The van der Waals surface area contributed by atoms with Crippen LogP contribution in [0.3, 0.4) is 0 Å². The predicted molar refractivity (Wildman–Crippen MR) is 57.0 cm³/mol. The topological polar surface area (TPSA) is 3.24 Å². The molecular weight excluding hydrogens is 158 g/mol. The Morgan fingerprint density at radius 2 is 1.92 bits per heavy atom. The SMILES string of the molecule is CC1=CC(C)c2ccccc2N1C. The lowest BCUT2D eigenvalue weighted by molar-refractivity contribution is 0.885. The maximum absolute atomic E-state index is 2.31. The maximum Gasteiger partial charge on any atom is 0.0443 e. The number of benzene rings is 1. The van der Waals surface area contributed by atoms with Gasteiger partial charge in [0.15, 0.2) is 0 Å². The summed E-state index contributed by atoms with van der Waals surface area (Å²) in [4.78, 5) is 2.25. The summed E-state index contributed by atoms with van der Waals surface area (Å²) < 4.78 is 0. The van der Waals surface area contributed by atoms with Gasteiger partial charge in [-0.15, -0.1) is 0 Å². The average molecular weight is 173 g/mol. The minimum Gasteiger partial charge on any atom is -0.349 e. The number of para-hydroxylation sites is 1. The molecular formula is C12H15N. The molecule has 0 saturated carbocycles. The molecule has 1 aliphatic rings. The van der Waals surface area contributed by atoms with Crippen LogP contribution in [-0.4, -0.2) is 7.05 Å². The Morgan fingerprint density at radius 3 is 2.69 bits per heavy atom. The maximum atomic E-state index is 2.31. The molecule has 0 spiro atoms. The van der Waals surface area contributed by atoms with Crippen LogP contribution in [0, 0.1) is 0 Å². The average Bonchev–Trinajstić information content (AvgIpc) is 2.15. The Morgan fingerprint density at radius 1 is 1.23 bits per heavy atom. The Bertz CT molecular complexity index is 352. The molecule has 0 aromatic heterocycles. The molecule has 1 aliphatic heterocycles. The standard InChI is InChI=1S/C12H15N/c1-9-8-10(2)13(3)12-7-5-4-6-11(9)12/h4-9H,1-3H3. The second-order valence-corrected chi connectivity index (χ2v) is 3.71. The predicted octanol–water partition coefficient (Wildman–Crippen LogP) is 3.14. The summed E-state index contributed by atoms with van der Waals surface area (Å²) >= 11 is 0. The fourth-order valence-electron chi connectivity index (χ4n) is 1.93. The van der Waals surface area contributed by atoms with Crippen LogP contribution < -0.4 is 4.90 Å². The summed E-state index contributed by atoms with van der Waals surface area (Å²) in [5, 5.41) is 0. The zero-order valence-corrected chi connectivity index (χ0v) is 8.41. The molecule has 68 valence electrons. The molecule has 0 saturated heterocycles. The van der Waals surface area contributed by atoms with Crippen molar-refractivity contribution in [3.05, 3.63) is 41.6 Å². The normalized spacial score (nSPS) is 21.0. The van der Waals surface area contributed by atoms with Crippen LogP contribution in [-0.2, 0) is 0 Å². The number of nitrogens with zero attached hydrogens (tertiary/aromatic N) is 1. The van der Waals surface area contributed by atoms with Gasteiger partial charge in [0.2, 0.25) is 0 Å². The van der Waals surface area contributed by atoms with Crippen LogP contribution in [0.4, 0.5) is 5.69 Å². The molecule has 1 aromatic rings. The second-order valence-electron chi connectivity index (χ2n) is 3.71. The Balaban J connectivity index is 2.55. The first kappa shape index (κ1) is 8.36. The van der Waals surface area contributed by atoms with Crippen LogP contribution in [0.15, 0.2) is 36.0 Å². The fourth-order valence-corrected chi connectivity index (χ4v) is 1.93. The number of anilines is 1. The van der Waals surface area contributed by atoms with E-state index < -0.39 is 0 Å². The third-order valence-corrected chi connectivity index (χ3v) is 2.81. The Hall–Kier alpha value is -1.24. The van der Waals surface area contributed by atoms with Crippen molar-refractivity contribution >= 4 is 5.69 Å². The zero-order chi connectivity index (χ0) is 9.42. The number of fused-ring (bicyclic) bond motifs is 1. The van der Waals surface area contributed by atoms with E-state index in [9.17, 15) is 0 Å². The highest BCUT2D eigenvalue weighted by molar-refractivity contribution is 5.62. The van der Waals surface area contributed by atoms with E-state index in [1.807, 2.05) is 0 Å². The van der Waals surface area contributed by atoms with Gasteiger partial charge < -0.3 is 4.90 Å². The lowest BCUT2D eigenvalue weighted by Gasteiger charge is -2.30. The van der Waals surface area contributed by atoms with Crippen molar-refractivity contribution in [1.82, 2.24) is 0 Å². The number of rotatable bonds is 0. The minimum atomic E-state index is 0.549. The number of allylic oxidation sites excluding steroid dienone is 2. The van der Waals surface area contributed by atoms with E-state index in [0.717, 1.165) is 0 Å². The molecule has 2 rings (SSSR count). The van der Waals surface area contributed by atoms with Crippen LogP contribution >= 0.6 is 0 Å². The van der Waals surface area contributed by atoms with Crippen molar-refractivity contribution in [2.24, 2.45) is 0 Å². The molecule has 1 unspecified atom stereocenters. The van der Waals surface area contributed by atoms with Gasteiger partial charge in [-0.3, -0.25) is 0 Å². The second kappa shape index (κ2) is 2.91. The van der Waals surface area contributed by atoms with E-state index in [0.29, 0.717) is 5.92 Å². The molecule has 0 amide bonds. The third kappa shape index (κ3) is 1.24. The summed E-state index contributed by atoms with van der Waals surface area (Å²) in [6.45, 7) is 4.40. The van der Waals surface area contributed by atoms with Gasteiger partial charge >= 0.3 is 0 Å². The van der Waals surface area contributed by atoms with Gasteiger partial charge in [0.1, 0.15) is 0 Å². The van der Waals surface area contributed by atoms with Crippen molar-refractivity contribution in [2.45, 2.75) is 19.8 Å². The lowest BCUT2D eigenvalue weighted by Crippen LogP contribution is -2.20. The van der Waals surface area contributed by atoms with Gasteiger partial charge in [-0.25, -0.2) is 0 Å². The van der Waals surface area contributed by atoms with E-state index in [2.05, 4.69) is 56.1 Å². The van der Waals surface area contributed by atoms with Gasteiger partial charge in [0.05, 0.1) is 0 Å². The fraction of sp³-hybridized carbons (Fsp3) is 0.333. The van der Waals surface area contributed by atoms with E-state index >= 15 is 0 Å². The molecule has 1 heteroatoms. The first-order valence-corrected chi connectivity index (χ1v) is 4.71. The first-order valence-electron chi connectivity index (χ1n) is 4.71. The van der Waals surface area contributed by atoms with Crippen molar-refractivity contribution in [2.75, 3.05) is 11.9 Å². The summed E-state index contributed by atoms with van der Waals surface area (Å²) in [5.74, 6) is 0.549. The van der Waals surface area contributed by atoms with Gasteiger partial charge in [-0.1, -0.05) is 31.2 Å². The summed E-state index contributed by atoms with van der Waals surface area (Å²) in [6, 6.07) is 8.60.